The molecule has 0 aliphatic heterocycles. The predicted octanol–water partition coefficient (Wildman–Crippen LogP) is 3.63. The first-order valence-electron chi connectivity index (χ1n) is 6.72. The van der Waals surface area contributed by atoms with Gasteiger partial charge in [0.05, 0.1) is 13.2 Å². The molecule has 2 aromatic carbocycles. The molecule has 0 radical (unpaired) electrons. The summed E-state index contributed by atoms with van der Waals surface area (Å²) in [6.07, 6.45) is 0. The first-order valence-corrected chi connectivity index (χ1v) is 6.72. The number of hydrogen-bond acceptors (Lipinski definition) is 2. The van der Waals surface area contributed by atoms with Gasteiger partial charge in [-0.3, -0.25) is 4.79 Å². The van der Waals surface area contributed by atoms with E-state index in [1.54, 1.807) is 6.07 Å². The van der Waals surface area contributed by atoms with Crippen molar-refractivity contribution < 1.29 is 13.9 Å². The molecule has 1 N–H and O–H groups in total. The third kappa shape index (κ3) is 3.60. The minimum atomic E-state index is -0.548. The van der Waals surface area contributed by atoms with E-state index in [2.05, 4.69) is 5.32 Å². The number of ether oxygens (including phenoxy) is 1. The van der Waals surface area contributed by atoms with Gasteiger partial charge < -0.3 is 10.1 Å². The Morgan fingerprint density at radius 1 is 1.19 bits per heavy atom. The van der Waals surface area contributed by atoms with Crippen molar-refractivity contribution >= 4 is 5.91 Å². The van der Waals surface area contributed by atoms with Crippen LogP contribution < -0.4 is 10.1 Å². The fraction of sp³-hybridized carbons (Fsp3) is 0.235. The van der Waals surface area contributed by atoms with Crippen molar-refractivity contribution in [3.63, 3.8) is 0 Å². The number of amides is 1. The van der Waals surface area contributed by atoms with Crippen LogP contribution in [-0.4, -0.2) is 13.0 Å². The molecule has 0 saturated heterocycles. The van der Waals surface area contributed by atoms with E-state index >= 15 is 0 Å². The van der Waals surface area contributed by atoms with Crippen LogP contribution in [0.2, 0.25) is 0 Å². The number of rotatable bonds is 4. The van der Waals surface area contributed by atoms with Gasteiger partial charge in [-0.15, -0.1) is 0 Å². The zero-order valence-corrected chi connectivity index (χ0v) is 12.3. The maximum Gasteiger partial charge on any atom is 0.251 e. The van der Waals surface area contributed by atoms with Crippen LogP contribution in [0.4, 0.5) is 4.39 Å². The lowest BCUT2D eigenvalue weighted by atomic mass is 10.1. The number of benzene rings is 2. The Labute approximate surface area is 123 Å². The van der Waals surface area contributed by atoms with E-state index in [1.165, 1.54) is 19.2 Å². The second-order valence-corrected chi connectivity index (χ2v) is 4.96. The van der Waals surface area contributed by atoms with Crippen LogP contribution >= 0.6 is 0 Å². The molecule has 0 saturated carbocycles. The molecule has 3 nitrogen and oxygen atoms in total. The highest BCUT2D eigenvalue weighted by Crippen LogP contribution is 2.19. The summed E-state index contributed by atoms with van der Waals surface area (Å²) in [7, 11) is 1.39. The maximum atomic E-state index is 13.6. The number of halogens is 1. The smallest absolute Gasteiger partial charge is 0.251 e. The van der Waals surface area contributed by atoms with Crippen LogP contribution in [0, 0.1) is 12.7 Å². The SMILES string of the molecule is COc1ccc(C(=O)NC(C)c2ccc(C)cc2)cc1F. The minimum absolute atomic E-state index is 0.123. The van der Waals surface area contributed by atoms with Gasteiger partial charge in [0.1, 0.15) is 0 Å². The number of carbonyl (C=O) groups is 1. The Hall–Kier alpha value is -2.36. The molecule has 0 aliphatic carbocycles. The van der Waals surface area contributed by atoms with Crippen LogP contribution in [0.5, 0.6) is 5.75 Å². The zero-order chi connectivity index (χ0) is 15.4. The molecule has 0 heterocycles. The lowest BCUT2D eigenvalue weighted by molar-refractivity contribution is 0.0939. The van der Waals surface area contributed by atoms with Crippen molar-refractivity contribution in [2.45, 2.75) is 19.9 Å². The zero-order valence-electron chi connectivity index (χ0n) is 12.3. The Bertz CT molecular complexity index is 638. The normalized spacial score (nSPS) is 11.8. The number of nitrogens with one attached hydrogen (secondary N) is 1. The van der Waals surface area contributed by atoms with Gasteiger partial charge >= 0.3 is 0 Å². The van der Waals surface area contributed by atoms with Crippen LogP contribution in [-0.2, 0) is 0 Å². The molecular formula is C17H18FNO2. The Kier molecular flexibility index (Phi) is 4.58. The molecular weight excluding hydrogens is 269 g/mol. The van der Waals surface area contributed by atoms with E-state index in [1.807, 2.05) is 38.1 Å². The van der Waals surface area contributed by atoms with E-state index in [9.17, 15) is 9.18 Å². The molecule has 1 amide bonds. The molecule has 2 rings (SSSR count). The topological polar surface area (TPSA) is 38.3 Å². The van der Waals surface area contributed by atoms with Crippen molar-refractivity contribution in [2.24, 2.45) is 0 Å². The Morgan fingerprint density at radius 3 is 2.43 bits per heavy atom. The summed E-state index contributed by atoms with van der Waals surface area (Å²) in [6, 6.07) is 11.9. The minimum Gasteiger partial charge on any atom is -0.494 e. The summed E-state index contributed by atoms with van der Waals surface area (Å²) in [5.74, 6) is -0.740. The van der Waals surface area contributed by atoms with Crippen LogP contribution in [0.25, 0.3) is 0 Å². The molecule has 4 heteroatoms. The van der Waals surface area contributed by atoms with Gasteiger partial charge in [-0.05, 0) is 37.6 Å². The average molecular weight is 287 g/mol. The monoisotopic (exact) mass is 287 g/mol. The molecule has 0 fully saturated rings. The van der Waals surface area contributed by atoms with Crippen molar-refractivity contribution in [1.29, 1.82) is 0 Å². The third-order valence-corrected chi connectivity index (χ3v) is 3.34. The number of hydrogen-bond donors (Lipinski definition) is 1. The number of aryl methyl sites for hydroxylation is 1. The van der Waals surface area contributed by atoms with Crippen LogP contribution in [0.15, 0.2) is 42.5 Å². The summed E-state index contributed by atoms with van der Waals surface area (Å²) in [4.78, 5) is 12.1. The summed E-state index contributed by atoms with van der Waals surface area (Å²) < 4.78 is 18.4. The highest BCUT2D eigenvalue weighted by molar-refractivity contribution is 5.94. The fourth-order valence-electron chi connectivity index (χ4n) is 2.03. The highest BCUT2D eigenvalue weighted by atomic mass is 19.1. The predicted molar refractivity (Wildman–Crippen MR) is 80.0 cm³/mol. The molecule has 0 aliphatic rings. The van der Waals surface area contributed by atoms with E-state index in [0.29, 0.717) is 0 Å². The van der Waals surface area contributed by atoms with Gasteiger partial charge in [-0.25, -0.2) is 4.39 Å². The van der Waals surface area contributed by atoms with E-state index in [4.69, 9.17) is 4.74 Å². The van der Waals surface area contributed by atoms with Gasteiger partial charge in [0.2, 0.25) is 0 Å². The van der Waals surface area contributed by atoms with Crippen molar-refractivity contribution in [3.8, 4) is 5.75 Å². The maximum absolute atomic E-state index is 13.6. The lowest BCUT2D eigenvalue weighted by Gasteiger charge is -2.15. The van der Waals surface area contributed by atoms with Gasteiger partial charge in [0, 0.05) is 5.56 Å². The van der Waals surface area contributed by atoms with Crippen molar-refractivity contribution in [2.75, 3.05) is 7.11 Å². The summed E-state index contributed by atoms with van der Waals surface area (Å²) in [5, 5.41) is 2.85. The second-order valence-electron chi connectivity index (χ2n) is 4.96. The van der Waals surface area contributed by atoms with Gasteiger partial charge in [0.25, 0.3) is 5.91 Å². The van der Waals surface area contributed by atoms with E-state index in [-0.39, 0.29) is 23.3 Å². The summed E-state index contributed by atoms with van der Waals surface area (Å²) in [5.41, 5.74) is 2.43. The van der Waals surface area contributed by atoms with Crippen molar-refractivity contribution in [1.82, 2.24) is 5.32 Å². The van der Waals surface area contributed by atoms with Crippen LogP contribution in [0.1, 0.15) is 34.5 Å². The van der Waals surface area contributed by atoms with E-state index < -0.39 is 5.82 Å². The lowest BCUT2D eigenvalue weighted by Crippen LogP contribution is -2.26. The molecule has 110 valence electrons. The van der Waals surface area contributed by atoms with Crippen LogP contribution in [0.3, 0.4) is 0 Å². The summed E-state index contributed by atoms with van der Waals surface area (Å²) in [6.45, 7) is 3.90. The number of methoxy groups -OCH3 is 1. The highest BCUT2D eigenvalue weighted by Gasteiger charge is 2.13. The second kappa shape index (κ2) is 6.39. The number of carbonyl (C=O) groups excluding carboxylic acids is 1. The van der Waals surface area contributed by atoms with Crippen molar-refractivity contribution in [3.05, 3.63) is 65.0 Å². The molecule has 0 bridgehead atoms. The molecule has 21 heavy (non-hydrogen) atoms. The quantitative estimate of drug-likeness (QED) is 0.932. The Morgan fingerprint density at radius 2 is 1.86 bits per heavy atom. The van der Waals surface area contributed by atoms with E-state index in [0.717, 1.165) is 11.1 Å². The molecule has 2 aromatic rings. The first-order chi connectivity index (χ1) is 10.0. The molecule has 1 unspecified atom stereocenters. The first kappa shape index (κ1) is 15.0. The summed E-state index contributed by atoms with van der Waals surface area (Å²) >= 11 is 0. The molecule has 0 spiro atoms. The standard InChI is InChI=1S/C17H18FNO2/c1-11-4-6-13(7-5-11)12(2)19-17(20)14-8-9-16(21-3)15(18)10-14/h4-10,12H,1-3H3,(H,19,20). The van der Waals surface area contributed by atoms with Gasteiger partial charge in [-0.1, -0.05) is 29.8 Å². The third-order valence-electron chi connectivity index (χ3n) is 3.34. The fourth-order valence-corrected chi connectivity index (χ4v) is 2.03. The largest absolute Gasteiger partial charge is 0.494 e. The Balaban J connectivity index is 2.10. The van der Waals surface area contributed by atoms with Gasteiger partial charge in [0.15, 0.2) is 11.6 Å². The van der Waals surface area contributed by atoms with Gasteiger partial charge in [-0.2, -0.15) is 0 Å². The molecule has 1 atom stereocenters. The average Bonchev–Trinajstić information content (AvgIpc) is 2.47. The molecule has 0 aromatic heterocycles.